The summed E-state index contributed by atoms with van der Waals surface area (Å²) in [6, 6.07) is 0. The molecule has 1 heterocycles. The van der Waals surface area contributed by atoms with Gasteiger partial charge in [0.05, 0.1) is 20.6 Å². The molecule has 5 nitrogen and oxygen atoms in total. The molecule has 0 fully saturated rings. The number of esters is 2. The van der Waals surface area contributed by atoms with Crippen LogP contribution in [0.25, 0.3) is 0 Å². The second kappa shape index (κ2) is 4.82. The monoisotopic (exact) mass is 214 g/mol. The van der Waals surface area contributed by atoms with E-state index in [0.29, 0.717) is 12.0 Å². The highest BCUT2D eigenvalue weighted by molar-refractivity contribution is 5.90. The minimum absolute atomic E-state index is 0.0400. The van der Waals surface area contributed by atoms with E-state index in [1.54, 1.807) is 0 Å². The van der Waals surface area contributed by atoms with Crippen molar-refractivity contribution >= 4 is 11.9 Å². The maximum atomic E-state index is 11.3. The summed E-state index contributed by atoms with van der Waals surface area (Å²) in [4.78, 5) is 22.4. The van der Waals surface area contributed by atoms with E-state index < -0.39 is 18.0 Å². The van der Waals surface area contributed by atoms with Crippen LogP contribution >= 0.6 is 0 Å². The molecule has 1 atom stereocenters. The molecular formula is C10H14O5. The lowest BCUT2D eigenvalue weighted by atomic mass is 10.1. The Balaban J connectivity index is 2.81. The average Bonchev–Trinajstić information content (AvgIpc) is 2.53. The van der Waals surface area contributed by atoms with E-state index in [4.69, 9.17) is 9.47 Å². The largest absolute Gasteiger partial charge is 0.490 e. The van der Waals surface area contributed by atoms with Crippen molar-refractivity contribution in [1.82, 2.24) is 0 Å². The Morgan fingerprint density at radius 2 is 2.13 bits per heavy atom. The van der Waals surface area contributed by atoms with Gasteiger partial charge in [-0.15, -0.1) is 0 Å². The Kier molecular flexibility index (Phi) is 3.71. The van der Waals surface area contributed by atoms with Crippen molar-refractivity contribution in [2.45, 2.75) is 25.9 Å². The maximum Gasteiger partial charge on any atom is 0.374 e. The molecular weight excluding hydrogens is 200 g/mol. The van der Waals surface area contributed by atoms with Crippen LogP contribution in [0.5, 0.6) is 0 Å². The molecule has 0 aromatic rings. The third kappa shape index (κ3) is 2.29. The lowest BCUT2D eigenvalue weighted by molar-refractivity contribution is -0.148. The predicted molar refractivity (Wildman–Crippen MR) is 50.8 cm³/mol. The lowest BCUT2D eigenvalue weighted by Crippen LogP contribution is -2.17. The first-order chi connectivity index (χ1) is 7.13. The van der Waals surface area contributed by atoms with Crippen LogP contribution in [0, 0.1) is 0 Å². The second-order valence-corrected chi connectivity index (χ2v) is 3.09. The zero-order valence-electron chi connectivity index (χ0n) is 9.03. The van der Waals surface area contributed by atoms with Crippen LogP contribution < -0.4 is 0 Å². The van der Waals surface area contributed by atoms with Crippen LogP contribution in [0.3, 0.4) is 0 Å². The molecule has 1 rings (SSSR count). The molecule has 15 heavy (non-hydrogen) atoms. The SMILES string of the molecule is CCC1=C(OC)C(=O)OC1CC(=O)OC. The zero-order chi connectivity index (χ0) is 11.4. The van der Waals surface area contributed by atoms with Crippen molar-refractivity contribution in [1.29, 1.82) is 0 Å². The first kappa shape index (κ1) is 11.6. The fourth-order valence-corrected chi connectivity index (χ4v) is 1.53. The van der Waals surface area contributed by atoms with Crippen LogP contribution in [0.15, 0.2) is 11.3 Å². The summed E-state index contributed by atoms with van der Waals surface area (Å²) in [5, 5.41) is 0. The molecule has 5 heteroatoms. The van der Waals surface area contributed by atoms with Crippen molar-refractivity contribution in [3.8, 4) is 0 Å². The third-order valence-corrected chi connectivity index (χ3v) is 2.28. The van der Waals surface area contributed by atoms with Gasteiger partial charge in [0.2, 0.25) is 5.76 Å². The van der Waals surface area contributed by atoms with Crippen molar-refractivity contribution in [2.75, 3.05) is 14.2 Å². The number of cyclic esters (lactones) is 1. The Labute approximate surface area is 88.0 Å². The average molecular weight is 214 g/mol. The number of rotatable bonds is 4. The van der Waals surface area contributed by atoms with E-state index in [1.165, 1.54) is 14.2 Å². The quantitative estimate of drug-likeness (QED) is 0.647. The highest BCUT2D eigenvalue weighted by Crippen LogP contribution is 2.27. The molecule has 1 aliphatic rings. The number of carbonyl (C=O) groups excluding carboxylic acids is 2. The standard InChI is InChI=1S/C10H14O5/c1-4-6-7(5-8(11)13-2)15-10(12)9(6)14-3/h7H,4-5H2,1-3H3. The minimum atomic E-state index is -0.537. The van der Waals surface area contributed by atoms with E-state index in [0.717, 1.165) is 0 Å². The minimum Gasteiger partial charge on any atom is -0.490 e. The molecule has 0 saturated carbocycles. The first-order valence-electron chi connectivity index (χ1n) is 4.68. The van der Waals surface area contributed by atoms with E-state index in [9.17, 15) is 9.59 Å². The molecule has 0 saturated heterocycles. The number of hydrogen-bond acceptors (Lipinski definition) is 5. The number of methoxy groups -OCH3 is 2. The topological polar surface area (TPSA) is 61.8 Å². The van der Waals surface area contributed by atoms with Gasteiger partial charge in [0.15, 0.2) is 0 Å². The van der Waals surface area contributed by atoms with Gasteiger partial charge in [-0.3, -0.25) is 4.79 Å². The fourth-order valence-electron chi connectivity index (χ4n) is 1.53. The van der Waals surface area contributed by atoms with Crippen molar-refractivity contribution < 1.29 is 23.8 Å². The Morgan fingerprint density at radius 1 is 1.47 bits per heavy atom. The summed E-state index contributed by atoms with van der Waals surface area (Å²) >= 11 is 0. The summed E-state index contributed by atoms with van der Waals surface area (Å²) in [6.45, 7) is 1.88. The highest BCUT2D eigenvalue weighted by atomic mass is 16.6. The van der Waals surface area contributed by atoms with Gasteiger partial charge in [-0.25, -0.2) is 4.79 Å². The molecule has 0 aromatic heterocycles. The second-order valence-electron chi connectivity index (χ2n) is 3.09. The van der Waals surface area contributed by atoms with E-state index in [2.05, 4.69) is 4.74 Å². The maximum absolute atomic E-state index is 11.3. The van der Waals surface area contributed by atoms with Gasteiger partial charge in [0.1, 0.15) is 6.10 Å². The molecule has 1 unspecified atom stereocenters. The number of carbonyl (C=O) groups is 2. The number of ether oxygens (including phenoxy) is 3. The summed E-state index contributed by atoms with van der Waals surface area (Å²) < 4.78 is 14.4. The lowest BCUT2D eigenvalue weighted by Gasteiger charge is -2.10. The van der Waals surface area contributed by atoms with Gasteiger partial charge in [0, 0.05) is 5.57 Å². The van der Waals surface area contributed by atoms with Crippen LogP contribution in [0.2, 0.25) is 0 Å². The van der Waals surface area contributed by atoms with Crippen molar-refractivity contribution in [3.05, 3.63) is 11.3 Å². The van der Waals surface area contributed by atoms with Crippen molar-refractivity contribution in [3.63, 3.8) is 0 Å². The normalized spacial score (nSPS) is 20.2. The predicted octanol–water partition coefficient (Wildman–Crippen LogP) is 0.785. The molecule has 0 aromatic carbocycles. The summed E-state index contributed by atoms with van der Waals surface area (Å²) in [7, 11) is 2.71. The van der Waals surface area contributed by atoms with Gasteiger partial charge < -0.3 is 14.2 Å². The molecule has 0 radical (unpaired) electrons. The Bertz CT molecular complexity index is 305. The summed E-state index contributed by atoms with van der Waals surface area (Å²) in [5.41, 5.74) is 0.716. The van der Waals surface area contributed by atoms with Gasteiger partial charge in [-0.1, -0.05) is 6.92 Å². The zero-order valence-corrected chi connectivity index (χ0v) is 9.03. The van der Waals surface area contributed by atoms with Crippen LogP contribution in [-0.2, 0) is 23.8 Å². The fraction of sp³-hybridized carbons (Fsp3) is 0.600. The van der Waals surface area contributed by atoms with Crippen LogP contribution in [0.4, 0.5) is 0 Å². The van der Waals surface area contributed by atoms with Crippen LogP contribution in [-0.4, -0.2) is 32.3 Å². The van der Waals surface area contributed by atoms with E-state index >= 15 is 0 Å². The van der Waals surface area contributed by atoms with Crippen LogP contribution in [0.1, 0.15) is 19.8 Å². The van der Waals surface area contributed by atoms with E-state index in [-0.39, 0.29) is 12.2 Å². The molecule has 0 amide bonds. The molecule has 84 valence electrons. The van der Waals surface area contributed by atoms with E-state index in [1.807, 2.05) is 6.92 Å². The van der Waals surface area contributed by atoms with Gasteiger partial charge >= 0.3 is 11.9 Å². The molecule has 1 aliphatic heterocycles. The Hall–Kier alpha value is -1.52. The van der Waals surface area contributed by atoms with Gasteiger partial charge in [-0.05, 0) is 6.42 Å². The third-order valence-electron chi connectivity index (χ3n) is 2.28. The Morgan fingerprint density at radius 3 is 2.60 bits per heavy atom. The first-order valence-corrected chi connectivity index (χ1v) is 4.68. The smallest absolute Gasteiger partial charge is 0.374 e. The molecule has 0 spiro atoms. The van der Waals surface area contributed by atoms with Crippen molar-refractivity contribution in [2.24, 2.45) is 0 Å². The molecule has 0 N–H and O–H groups in total. The number of hydrogen-bond donors (Lipinski definition) is 0. The molecule has 0 bridgehead atoms. The summed E-state index contributed by atoms with van der Waals surface area (Å²) in [5.74, 6) is -0.703. The van der Waals surface area contributed by atoms with Gasteiger partial charge in [-0.2, -0.15) is 0 Å². The molecule has 0 aliphatic carbocycles. The summed E-state index contributed by atoms with van der Waals surface area (Å²) in [6.07, 6.45) is 0.111. The highest BCUT2D eigenvalue weighted by Gasteiger charge is 2.35. The van der Waals surface area contributed by atoms with Gasteiger partial charge in [0.25, 0.3) is 0 Å².